The van der Waals surface area contributed by atoms with Crippen LogP contribution in [0.25, 0.3) is 11.3 Å². The summed E-state index contributed by atoms with van der Waals surface area (Å²) in [5.74, 6) is 0.691. The summed E-state index contributed by atoms with van der Waals surface area (Å²) >= 11 is 3.43. The lowest BCUT2D eigenvalue weighted by molar-refractivity contribution is 0.339. The van der Waals surface area contributed by atoms with Crippen molar-refractivity contribution in [1.82, 2.24) is 5.16 Å². The number of hydrogen-bond donors (Lipinski definition) is 1. The molecule has 84 valence electrons. The zero-order valence-corrected chi connectivity index (χ0v) is 10.3. The van der Waals surface area contributed by atoms with Gasteiger partial charge in [0.25, 0.3) is 0 Å². The van der Waals surface area contributed by atoms with E-state index in [1.807, 2.05) is 13.0 Å². The van der Waals surface area contributed by atoms with Gasteiger partial charge in [-0.15, -0.1) is 0 Å². The molecule has 0 atom stereocenters. The first-order valence-corrected chi connectivity index (χ1v) is 5.65. The van der Waals surface area contributed by atoms with E-state index in [-0.39, 0.29) is 0 Å². The minimum atomic E-state index is 0.562. The van der Waals surface area contributed by atoms with Gasteiger partial charge in [-0.3, -0.25) is 0 Å². The quantitative estimate of drug-likeness (QED) is 0.879. The molecule has 0 aliphatic heterocycles. The van der Waals surface area contributed by atoms with Crippen LogP contribution in [0.5, 0.6) is 5.75 Å². The molecule has 2 aromatic rings. The van der Waals surface area contributed by atoms with Gasteiger partial charge >= 0.3 is 0 Å². The average molecular weight is 283 g/mol. The lowest BCUT2D eigenvalue weighted by Gasteiger charge is -2.12. The molecule has 1 aromatic carbocycles. The van der Waals surface area contributed by atoms with E-state index in [9.17, 15) is 0 Å². The number of nitrogens with two attached hydrogens (primary N) is 1. The molecule has 4 nitrogen and oxygen atoms in total. The number of halogens is 1. The number of nitrogen functional groups attached to an aromatic ring is 1. The average Bonchev–Trinajstić information content (AvgIpc) is 2.77. The fourth-order valence-electron chi connectivity index (χ4n) is 1.46. The molecule has 2 N–H and O–H groups in total. The molecule has 0 aliphatic rings. The fraction of sp³-hybridized carbons (Fsp3) is 0.182. The highest BCUT2D eigenvalue weighted by Crippen LogP contribution is 2.39. The molecule has 5 heteroatoms. The van der Waals surface area contributed by atoms with E-state index in [2.05, 4.69) is 21.1 Å². The lowest BCUT2D eigenvalue weighted by atomic mass is 10.1. The van der Waals surface area contributed by atoms with Gasteiger partial charge in [-0.25, -0.2) is 0 Å². The van der Waals surface area contributed by atoms with Crippen molar-refractivity contribution in [2.45, 2.75) is 6.92 Å². The summed E-state index contributed by atoms with van der Waals surface area (Å²) in [6.07, 6.45) is 1.51. The molecule has 16 heavy (non-hydrogen) atoms. The normalized spacial score (nSPS) is 10.4. The Kier molecular flexibility index (Phi) is 3.14. The van der Waals surface area contributed by atoms with Gasteiger partial charge in [0.2, 0.25) is 0 Å². The Bertz CT molecular complexity index is 483. The van der Waals surface area contributed by atoms with Crippen LogP contribution in [-0.2, 0) is 0 Å². The highest BCUT2D eigenvalue weighted by Gasteiger charge is 2.15. The number of hydrogen-bond acceptors (Lipinski definition) is 4. The summed E-state index contributed by atoms with van der Waals surface area (Å²) in [4.78, 5) is 0. The minimum Gasteiger partial charge on any atom is -0.492 e. The van der Waals surface area contributed by atoms with Gasteiger partial charge in [-0.2, -0.15) is 0 Å². The van der Waals surface area contributed by atoms with Gasteiger partial charge in [-0.1, -0.05) is 5.16 Å². The predicted molar refractivity (Wildman–Crippen MR) is 65.2 cm³/mol. The molecule has 1 heterocycles. The second kappa shape index (κ2) is 4.57. The number of benzene rings is 1. The van der Waals surface area contributed by atoms with E-state index in [4.69, 9.17) is 15.0 Å². The summed E-state index contributed by atoms with van der Waals surface area (Å²) in [7, 11) is 0. The van der Waals surface area contributed by atoms with Crippen molar-refractivity contribution in [3.8, 4) is 17.0 Å². The molecular formula is C11H11BrN2O2. The summed E-state index contributed by atoms with van der Waals surface area (Å²) in [6.45, 7) is 2.48. The summed E-state index contributed by atoms with van der Waals surface area (Å²) in [5.41, 5.74) is 7.96. The van der Waals surface area contributed by atoms with Crippen LogP contribution in [0.4, 0.5) is 5.69 Å². The summed E-state index contributed by atoms with van der Waals surface area (Å²) in [6, 6.07) is 5.40. The van der Waals surface area contributed by atoms with Crippen LogP contribution in [0.1, 0.15) is 6.92 Å². The molecule has 0 saturated heterocycles. The van der Waals surface area contributed by atoms with Gasteiger partial charge in [0.15, 0.2) is 0 Å². The summed E-state index contributed by atoms with van der Waals surface area (Å²) in [5, 5.41) is 3.88. The van der Waals surface area contributed by atoms with Crippen LogP contribution in [0.2, 0.25) is 0 Å². The smallest absolute Gasteiger partial charge is 0.145 e. The van der Waals surface area contributed by atoms with Crippen LogP contribution < -0.4 is 10.5 Å². The second-order valence-corrected chi connectivity index (χ2v) is 4.01. The van der Waals surface area contributed by atoms with Crippen LogP contribution in [0.3, 0.4) is 0 Å². The van der Waals surface area contributed by atoms with Crippen molar-refractivity contribution in [2.75, 3.05) is 12.3 Å². The van der Waals surface area contributed by atoms with Crippen molar-refractivity contribution < 1.29 is 9.26 Å². The van der Waals surface area contributed by atoms with E-state index in [1.165, 1.54) is 6.26 Å². The molecule has 0 unspecified atom stereocenters. The first kappa shape index (κ1) is 11.0. The maximum absolute atomic E-state index is 5.93. The Morgan fingerprint density at radius 3 is 2.88 bits per heavy atom. The van der Waals surface area contributed by atoms with E-state index in [1.54, 1.807) is 12.1 Å². The van der Waals surface area contributed by atoms with Crippen molar-refractivity contribution in [1.29, 1.82) is 0 Å². The van der Waals surface area contributed by atoms with Crippen molar-refractivity contribution in [2.24, 2.45) is 0 Å². The Balaban J connectivity index is 2.61. The molecule has 0 amide bonds. The van der Waals surface area contributed by atoms with Crippen LogP contribution in [-0.4, -0.2) is 11.8 Å². The molecule has 2 rings (SSSR count). The standard InChI is InChI=1S/C11H11BrN2O2/c1-2-15-11-7(12)3-4-8(13)10(11)9-5-6-16-14-9/h3-6H,2,13H2,1H3. The lowest BCUT2D eigenvalue weighted by Crippen LogP contribution is -1.99. The van der Waals surface area contributed by atoms with Crippen molar-refractivity contribution in [3.05, 3.63) is 28.9 Å². The van der Waals surface area contributed by atoms with Crippen LogP contribution in [0.15, 0.2) is 33.5 Å². The Hall–Kier alpha value is -1.49. The summed E-state index contributed by atoms with van der Waals surface area (Å²) < 4.78 is 11.2. The fourth-order valence-corrected chi connectivity index (χ4v) is 1.91. The van der Waals surface area contributed by atoms with Crippen LogP contribution >= 0.6 is 15.9 Å². The van der Waals surface area contributed by atoms with E-state index >= 15 is 0 Å². The molecule has 0 radical (unpaired) electrons. The molecule has 1 aromatic heterocycles. The minimum absolute atomic E-state index is 0.562. The van der Waals surface area contributed by atoms with E-state index in [0.29, 0.717) is 23.7 Å². The number of nitrogens with zero attached hydrogens (tertiary/aromatic N) is 1. The monoisotopic (exact) mass is 282 g/mol. The SMILES string of the molecule is CCOc1c(Br)ccc(N)c1-c1ccon1. The molecule has 0 bridgehead atoms. The van der Waals surface area contributed by atoms with Gasteiger partial charge < -0.3 is 15.0 Å². The van der Waals surface area contributed by atoms with Gasteiger partial charge in [0, 0.05) is 11.8 Å². The van der Waals surface area contributed by atoms with Crippen molar-refractivity contribution >= 4 is 21.6 Å². The Morgan fingerprint density at radius 1 is 1.44 bits per heavy atom. The number of aromatic nitrogens is 1. The zero-order valence-electron chi connectivity index (χ0n) is 8.74. The molecular weight excluding hydrogens is 272 g/mol. The third-order valence-electron chi connectivity index (χ3n) is 2.12. The molecule has 0 aliphatic carbocycles. The van der Waals surface area contributed by atoms with Gasteiger partial charge in [0.1, 0.15) is 17.7 Å². The third kappa shape index (κ3) is 1.90. The van der Waals surface area contributed by atoms with Crippen molar-refractivity contribution in [3.63, 3.8) is 0 Å². The molecule has 0 saturated carbocycles. The molecule has 0 fully saturated rings. The molecule has 0 spiro atoms. The largest absolute Gasteiger partial charge is 0.492 e. The number of ether oxygens (including phenoxy) is 1. The highest BCUT2D eigenvalue weighted by atomic mass is 79.9. The first-order valence-electron chi connectivity index (χ1n) is 4.85. The Labute approximate surface area is 102 Å². The van der Waals surface area contributed by atoms with Gasteiger partial charge in [-0.05, 0) is 35.0 Å². The van der Waals surface area contributed by atoms with Gasteiger partial charge in [0.05, 0.1) is 16.6 Å². The zero-order chi connectivity index (χ0) is 11.5. The van der Waals surface area contributed by atoms with E-state index < -0.39 is 0 Å². The second-order valence-electron chi connectivity index (χ2n) is 3.16. The highest BCUT2D eigenvalue weighted by molar-refractivity contribution is 9.10. The first-order chi connectivity index (χ1) is 7.74. The number of rotatable bonds is 3. The third-order valence-corrected chi connectivity index (χ3v) is 2.75. The van der Waals surface area contributed by atoms with Crippen LogP contribution in [0, 0.1) is 0 Å². The predicted octanol–water partition coefficient (Wildman–Crippen LogP) is 3.09. The number of anilines is 1. The maximum Gasteiger partial charge on any atom is 0.145 e. The maximum atomic E-state index is 5.93. The van der Waals surface area contributed by atoms with E-state index in [0.717, 1.165) is 10.0 Å². The topological polar surface area (TPSA) is 61.3 Å². The Morgan fingerprint density at radius 2 is 2.25 bits per heavy atom.